The molecule has 3 heteroatoms. The fourth-order valence-corrected chi connectivity index (χ4v) is 1.69. The van der Waals surface area contributed by atoms with E-state index in [1.54, 1.807) is 0 Å². The van der Waals surface area contributed by atoms with Crippen molar-refractivity contribution in [2.45, 2.75) is 12.3 Å². The van der Waals surface area contributed by atoms with Crippen molar-refractivity contribution >= 4 is 23.3 Å². The van der Waals surface area contributed by atoms with Crippen LogP contribution in [0.5, 0.6) is 0 Å². The molecule has 0 aliphatic heterocycles. The lowest BCUT2D eigenvalue weighted by molar-refractivity contribution is -0.119. The van der Waals surface area contributed by atoms with Gasteiger partial charge >= 0.3 is 0 Å². The van der Waals surface area contributed by atoms with Crippen LogP contribution in [0.25, 0.3) is 0 Å². The third-order valence-corrected chi connectivity index (χ3v) is 2.40. The maximum absolute atomic E-state index is 11.3. The summed E-state index contributed by atoms with van der Waals surface area (Å²) in [5, 5.41) is 2.11. The van der Waals surface area contributed by atoms with Crippen molar-refractivity contribution in [2.75, 3.05) is 0 Å². The van der Waals surface area contributed by atoms with E-state index in [4.69, 9.17) is 0 Å². The topological polar surface area (TPSA) is 29.4 Å². The highest BCUT2D eigenvalue weighted by atomic mass is 32.1. The van der Waals surface area contributed by atoms with E-state index in [-0.39, 0.29) is 11.8 Å². The molecule has 1 amide bonds. The van der Waals surface area contributed by atoms with Gasteiger partial charge in [0.05, 0.1) is 11.1 Å². The first-order chi connectivity index (χ1) is 6.33. The zero-order valence-corrected chi connectivity index (χ0v) is 7.67. The molecule has 0 fully saturated rings. The molecular weight excluding hydrogens is 182 g/mol. The van der Waals surface area contributed by atoms with E-state index in [0.717, 1.165) is 12.0 Å². The highest BCUT2D eigenvalue weighted by Crippen LogP contribution is 2.35. The third-order valence-electron chi connectivity index (χ3n) is 2.31. The fraction of sp³-hybridized carbons (Fsp3) is 0.200. The zero-order valence-electron chi connectivity index (χ0n) is 6.86. The van der Waals surface area contributed by atoms with Crippen LogP contribution in [-0.2, 0) is 11.2 Å². The number of carbonyl (C=O) groups is 1. The van der Waals surface area contributed by atoms with Crippen LogP contribution >= 0.6 is 12.2 Å². The van der Waals surface area contributed by atoms with E-state index >= 15 is 0 Å². The predicted molar refractivity (Wildman–Crippen MR) is 52.9 cm³/mol. The van der Waals surface area contributed by atoms with Crippen LogP contribution in [0.3, 0.4) is 0 Å². The highest BCUT2D eigenvalue weighted by Gasteiger charge is 2.31. The van der Waals surface area contributed by atoms with Crippen molar-refractivity contribution in [2.24, 2.45) is 4.99 Å². The van der Waals surface area contributed by atoms with Crippen molar-refractivity contribution in [3.63, 3.8) is 0 Å². The van der Waals surface area contributed by atoms with E-state index in [2.05, 4.69) is 22.4 Å². The number of benzene rings is 1. The molecule has 1 unspecified atom stereocenters. The van der Waals surface area contributed by atoms with E-state index in [1.807, 2.05) is 24.3 Å². The molecule has 0 radical (unpaired) electrons. The van der Waals surface area contributed by atoms with Crippen LogP contribution < -0.4 is 0 Å². The Balaban J connectivity index is 2.27. The molecule has 0 aromatic heterocycles. The molecule has 1 atom stereocenters. The van der Waals surface area contributed by atoms with E-state index in [9.17, 15) is 4.79 Å². The molecule has 0 saturated heterocycles. The summed E-state index contributed by atoms with van der Waals surface area (Å²) in [5.41, 5.74) is 2.32. The number of nitrogens with zero attached hydrogens (tertiary/aromatic N) is 1. The van der Waals surface area contributed by atoms with Crippen molar-refractivity contribution < 1.29 is 4.79 Å². The van der Waals surface area contributed by atoms with Gasteiger partial charge < -0.3 is 0 Å². The number of hydrogen-bond acceptors (Lipinski definition) is 2. The predicted octanol–water partition coefficient (Wildman–Crippen LogP) is 1.96. The lowest BCUT2D eigenvalue weighted by atomic mass is 9.77. The van der Waals surface area contributed by atoms with Gasteiger partial charge in [-0.3, -0.25) is 4.79 Å². The molecule has 0 N–H and O–H groups in total. The quantitative estimate of drug-likeness (QED) is 0.499. The smallest absolute Gasteiger partial charge is 0.262 e. The fourth-order valence-electron chi connectivity index (χ4n) is 1.60. The van der Waals surface area contributed by atoms with Gasteiger partial charge in [-0.05, 0) is 29.8 Å². The van der Waals surface area contributed by atoms with Crippen molar-refractivity contribution in [1.82, 2.24) is 0 Å². The summed E-state index contributed by atoms with van der Waals surface area (Å²) >= 11 is 4.38. The Morgan fingerprint density at radius 2 is 2.31 bits per heavy atom. The lowest BCUT2D eigenvalue weighted by Gasteiger charge is -2.26. The minimum atomic E-state index is -0.172. The molecule has 1 aromatic carbocycles. The SMILES string of the molecule is O=C(N=C=S)C1Cc2ccccc21. The van der Waals surface area contributed by atoms with Crippen molar-refractivity contribution in [3.05, 3.63) is 35.4 Å². The second-order valence-corrected chi connectivity index (χ2v) is 3.18. The Labute approximate surface area is 81.3 Å². The Kier molecular flexibility index (Phi) is 2.05. The van der Waals surface area contributed by atoms with Gasteiger partial charge in [0.25, 0.3) is 5.91 Å². The number of thiocarbonyl (C=S) groups is 1. The Bertz CT molecular complexity index is 407. The van der Waals surface area contributed by atoms with E-state index < -0.39 is 0 Å². The molecule has 0 bridgehead atoms. The number of aliphatic imine (C=N–C) groups is 1. The summed E-state index contributed by atoms with van der Waals surface area (Å²) in [6.07, 6.45) is 0.787. The molecule has 0 heterocycles. The van der Waals surface area contributed by atoms with Crippen LogP contribution in [0.1, 0.15) is 17.0 Å². The number of hydrogen-bond donors (Lipinski definition) is 0. The van der Waals surface area contributed by atoms with Gasteiger partial charge in [0, 0.05) is 0 Å². The average molecular weight is 189 g/mol. The van der Waals surface area contributed by atoms with Crippen molar-refractivity contribution in [1.29, 1.82) is 0 Å². The molecule has 0 saturated carbocycles. The number of fused-ring (bicyclic) bond motifs is 1. The summed E-state index contributed by atoms with van der Waals surface area (Å²) in [7, 11) is 0. The van der Waals surface area contributed by atoms with E-state index in [1.165, 1.54) is 5.56 Å². The van der Waals surface area contributed by atoms with Crippen LogP contribution in [0, 0.1) is 0 Å². The van der Waals surface area contributed by atoms with Crippen molar-refractivity contribution in [3.8, 4) is 0 Å². The number of amides is 1. The summed E-state index contributed by atoms with van der Waals surface area (Å²) in [6.45, 7) is 0. The minimum absolute atomic E-state index is 0.0772. The monoisotopic (exact) mass is 189 g/mol. The molecular formula is C10H7NOS. The molecule has 0 spiro atoms. The molecule has 64 valence electrons. The Morgan fingerprint density at radius 3 is 3.00 bits per heavy atom. The van der Waals surface area contributed by atoms with Gasteiger partial charge in [0.1, 0.15) is 0 Å². The Morgan fingerprint density at radius 1 is 1.54 bits per heavy atom. The van der Waals surface area contributed by atoms with Gasteiger partial charge in [-0.25, -0.2) is 0 Å². The van der Waals surface area contributed by atoms with Gasteiger partial charge in [0.2, 0.25) is 0 Å². The molecule has 2 rings (SSSR count). The molecule has 13 heavy (non-hydrogen) atoms. The number of carbonyl (C=O) groups excluding carboxylic acids is 1. The minimum Gasteiger partial charge on any atom is -0.271 e. The van der Waals surface area contributed by atoms with Gasteiger partial charge in [-0.1, -0.05) is 24.3 Å². The number of rotatable bonds is 1. The summed E-state index contributed by atoms with van der Waals surface area (Å²) in [5.74, 6) is -0.250. The second kappa shape index (κ2) is 3.21. The van der Waals surface area contributed by atoms with Gasteiger partial charge in [0.15, 0.2) is 0 Å². The first-order valence-corrected chi connectivity index (χ1v) is 4.43. The third kappa shape index (κ3) is 1.32. The highest BCUT2D eigenvalue weighted by molar-refractivity contribution is 7.78. The van der Waals surface area contributed by atoms with Crippen LogP contribution in [0.2, 0.25) is 0 Å². The summed E-state index contributed by atoms with van der Waals surface area (Å²) in [6, 6.07) is 7.89. The maximum Gasteiger partial charge on any atom is 0.262 e. The first-order valence-electron chi connectivity index (χ1n) is 4.02. The lowest BCUT2D eigenvalue weighted by Crippen LogP contribution is -2.23. The summed E-state index contributed by atoms with van der Waals surface area (Å²) < 4.78 is 0. The standard InChI is InChI=1S/C10H7NOS/c12-10(11-6-13)9-5-7-3-1-2-4-8(7)9/h1-4,9H,5H2. The van der Waals surface area contributed by atoms with E-state index in [0.29, 0.717) is 0 Å². The maximum atomic E-state index is 11.3. The normalized spacial score (nSPS) is 18.0. The summed E-state index contributed by atoms with van der Waals surface area (Å²) in [4.78, 5) is 14.8. The first kappa shape index (κ1) is 8.30. The van der Waals surface area contributed by atoms with Crippen LogP contribution in [0.4, 0.5) is 0 Å². The second-order valence-electron chi connectivity index (χ2n) is 3.00. The molecule has 1 aromatic rings. The van der Waals surface area contributed by atoms with Crippen LogP contribution in [0.15, 0.2) is 29.3 Å². The average Bonchev–Trinajstić information content (AvgIpc) is 2.07. The number of isothiocyanates is 1. The Hall–Kier alpha value is -1.31. The molecule has 2 nitrogen and oxygen atoms in total. The molecule has 1 aliphatic carbocycles. The van der Waals surface area contributed by atoms with Crippen LogP contribution in [-0.4, -0.2) is 11.1 Å². The molecule has 1 aliphatic rings. The van der Waals surface area contributed by atoms with Gasteiger partial charge in [-0.2, -0.15) is 4.99 Å². The zero-order chi connectivity index (χ0) is 9.26. The largest absolute Gasteiger partial charge is 0.271 e. The van der Waals surface area contributed by atoms with Gasteiger partial charge in [-0.15, -0.1) is 0 Å².